The maximum absolute atomic E-state index is 5.15. The second kappa shape index (κ2) is 5.80. The Hall–Kier alpha value is -1.64. The van der Waals surface area contributed by atoms with Gasteiger partial charge in [0, 0.05) is 0 Å². The van der Waals surface area contributed by atoms with Crippen LogP contribution < -0.4 is 5.48 Å². The molecule has 0 fully saturated rings. The summed E-state index contributed by atoms with van der Waals surface area (Å²) in [5, 5.41) is 0. The van der Waals surface area contributed by atoms with Crippen LogP contribution in [0.4, 0.5) is 0 Å². The highest BCUT2D eigenvalue weighted by molar-refractivity contribution is 5.38. The van der Waals surface area contributed by atoms with Crippen molar-refractivity contribution in [2.24, 2.45) is 0 Å². The second-order valence-electron chi connectivity index (χ2n) is 4.53. The van der Waals surface area contributed by atoms with E-state index in [2.05, 4.69) is 49.7 Å². The molecule has 1 atom stereocenters. The van der Waals surface area contributed by atoms with Crippen molar-refractivity contribution in [2.45, 2.75) is 19.9 Å². The van der Waals surface area contributed by atoms with E-state index >= 15 is 0 Å². The van der Waals surface area contributed by atoms with E-state index in [1.165, 1.54) is 22.3 Å². The maximum atomic E-state index is 5.15. The maximum Gasteiger partial charge on any atom is 0.0824 e. The quantitative estimate of drug-likeness (QED) is 0.827. The fourth-order valence-corrected chi connectivity index (χ4v) is 2.22. The van der Waals surface area contributed by atoms with Gasteiger partial charge >= 0.3 is 0 Å². The number of hydroxylamine groups is 1. The molecule has 0 bridgehead atoms. The Morgan fingerprint density at radius 3 is 2.33 bits per heavy atom. The molecule has 2 nitrogen and oxygen atoms in total. The molecule has 0 aliphatic carbocycles. The van der Waals surface area contributed by atoms with Crippen LogP contribution in [0.5, 0.6) is 0 Å². The van der Waals surface area contributed by atoms with Crippen LogP contribution in [0.15, 0.2) is 48.5 Å². The van der Waals surface area contributed by atoms with Crippen molar-refractivity contribution in [1.29, 1.82) is 0 Å². The number of hydrogen-bond acceptors (Lipinski definition) is 2. The zero-order valence-electron chi connectivity index (χ0n) is 11.1. The Morgan fingerprint density at radius 2 is 1.72 bits per heavy atom. The van der Waals surface area contributed by atoms with Gasteiger partial charge in [-0.2, -0.15) is 5.48 Å². The third kappa shape index (κ3) is 2.78. The fraction of sp³-hybridized carbons (Fsp3) is 0.250. The van der Waals surface area contributed by atoms with Crippen LogP contribution >= 0.6 is 0 Å². The van der Waals surface area contributed by atoms with Gasteiger partial charge < -0.3 is 4.84 Å². The molecule has 0 amide bonds. The largest absolute Gasteiger partial charge is 0.304 e. The van der Waals surface area contributed by atoms with Crippen molar-refractivity contribution in [2.75, 3.05) is 7.11 Å². The lowest BCUT2D eigenvalue weighted by molar-refractivity contribution is 0.0714. The molecule has 0 aliphatic rings. The molecule has 0 aromatic heterocycles. The van der Waals surface area contributed by atoms with E-state index in [1.54, 1.807) is 7.11 Å². The van der Waals surface area contributed by atoms with Crippen LogP contribution in [-0.2, 0) is 4.84 Å². The summed E-state index contributed by atoms with van der Waals surface area (Å²) >= 11 is 0. The predicted molar refractivity (Wildman–Crippen MR) is 74.3 cm³/mol. The van der Waals surface area contributed by atoms with Gasteiger partial charge in [-0.25, -0.2) is 0 Å². The average molecular weight is 241 g/mol. The first-order valence-corrected chi connectivity index (χ1v) is 6.13. The van der Waals surface area contributed by atoms with Gasteiger partial charge in [0.15, 0.2) is 0 Å². The number of benzene rings is 2. The minimum Gasteiger partial charge on any atom is -0.304 e. The molecule has 0 heterocycles. The summed E-state index contributed by atoms with van der Waals surface area (Å²) in [6.07, 6.45) is 0. The van der Waals surface area contributed by atoms with Crippen molar-refractivity contribution < 1.29 is 4.84 Å². The summed E-state index contributed by atoms with van der Waals surface area (Å²) in [5.74, 6) is 0. The van der Waals surface area contributed by atoms with Gasteiger partial charge in [-0.1, -0.05) is 54.1 Å². The SMILES string of the molecule is CONC(c1ccccc1)c1ccc(C)cc1C. The third-order valence-electron chi connectivity index (χ3n) is 3.10. The Morgan fingerprint density at radius 1 is 1.00 bits per heavy atom. The van der Waals surface area contributed by atoms with Crippen molar-refractivity contribution in [1.82, 2.24) is 5.48 Å². The van der Waals surface area contributed by atoms with Crippen LogP contribution in [0.25, 0.3) is 0 Å². The highest BCUT2D eigenvalue weighted by Gasteiger charge is 2.15. The number of aryl methyl sites for hydroxylation is 2. The second-order valence-corrected chi connectivity index (χ2v) is 4.53. The van der Waals surface area contributed by atoms with Crippen LogP contribution in [-0.4, -0.2) is 7.11 Å². The smallest absolute Gasteiger partial charge is 0.0824 e. The van der Waals surface area contributed by atoms with Crippen molar-refractivity contribution in [3.8, 4) is 0 Å². The van der Waals surface area contributed by atoms with E-state index in [0.717, 1.165) is 0 Å². The van der Waals surface area contributed by atoms with E-state index in [-0.39, 0.29) is 6.04 Å². The third-order valence-corrected chi connectivity index (χ3v) is 3.10. The average Bonchev–Trinajstić information content (AvgIpc) is 2.38. The minimum atomic E-state index is 0.0665. The van der Waals surface area contributed by atoms with Gasteiger partial charge in [0.2, 0.25) is 0 Å². The van der Waals surface area contributed by atoms with Gasteiger partial charge in [0.05, 0.1) is 13.2 Å². The molecular weight excluding hydrogens is 222 g/mol. The van der Waals surface area contributed by atoms with Crippen LogP contribution in [0.1, 0.15) is 28.3 Å². The van der Waals surface area contributed by atoms with Gasteiger partial charge in [0.1, 0.15) is 0 Å². The van der Waals surface area contributed by atoms with Crippen LogP contribution in [0, 0.1) is 13.8 Å². The molecule has 0 radical (unpaired) electrons. The minimum absolute atomic E-state index is 0.0665. The van der Waals surface area contributed by atoms with Gasteiger partial charge in [0.25, 0.3) is 0 Å². The van der Waals surface area contributed by atoms with E-state index in [1.807, 2.05) is 18.2 Å². The van der Waals surface area contributed by atoms with Crippen LogP contribution in [0.3, 0.4) is 0 Å². The van der Waals surface area contributed by atoms with Crippen molar-refractivity contribution in [3.05, 3.63) is 70.8 Å². The molecular formula is C16H19NO. The number of hydrogen-bond donors (Lipinski definition) is 1. The number of nitrogens with one attached hydrogen (secondary N) is 1. The summed E-state index contributed by atoms with van der Waals surface area (Å²) in [4.78, 5) is 5.15. The fourth-order valence-electron chi connectivity index (χ4n) is 2.22. The lowest BCUT2D eigenvalue weighted by atomic mass is 9.94. The predicted octanol–water partition coefficient (Wildman–Crippen LogP) is 3.54. The molecule has 2 aromatic rings. The van der Waals surface area contributed by atoms with Gasteiger partial charge in [-0.05, 0) is 30.5 Å². The Balaban J connectivity index is 2.41. The normalized spacial score (nSPS) is 12.4. The van der Waals surface area contributed by atoms with E-state index in [9.17, 15) is 0 Å². The summed E-state index contributed by atoms with van der Waals surface area (Å²) in [5.41, 5.74) is 8.07. The monoisotopic (exact) mass is 241 g/mol. The molecule has 0 aliphatic heterocycles. The molecule has 0 saturated heterocycles. The van der Waals surface area contributed by atoms with Crippen LogP contribution in [0.2, 0.25) is 0 Å². The highest BCUT2D eigenvalue weighted by Crippen LogP contribution is 2.25. The Bertz CT molecular complexity index is 508. The summed E-state index contributed by atoms with van der Waals surface area (Å²) in [7, 11) is 1.65. The lowest BCUT2D eigenvalue weighted by Gasteiger charge is -2.20. The zero-order valence-corrected chi connectivity index (χ0v) is 11.1. The van der Waals surface area contributed by atoms with Crippen molar-refractivity contribution >= 4 is 0 Å². The first kappa shape index (κ1) is 12.8. The summed E-state index contributed by atoms with van der Waals surface area (Å²) in [6, 6.07) is 16.9. The molecule has 2 aromatic carbocycles. The Kier molecular flexibility index (Phi) is 4.13. The standard InChI is InChI=1S/C16H19NO/c1-12-9-10-15(13(2)11-12)16(17-18-3)14-7-5-4-6-8-14/h4-11,16-17H,1-3H3. The molecule has 2 heteroatoms. The van der Waals surface area contributed by atoms with E-state index in [0.29, 0.717) is 0 Å². The topological polar surface area (TPSA) is 21.3 Å². The van der Waals surface area contributed by atoms with E-state index in [4.69, 9.17) is 4.84 Å². The first-order valence-electron chi connectivity index (χ1n) is 6.13. The van der Waals surface area contributed by atoms with Crippen molar-refractivity contribution in [3.63, 3.8) is 0 Å². The molecule has 0 spiro atoms. The summed E-state index contributed by atoms with van der Waals surface area (Å²) in [6.45, 7) is 4.24. The lowest BCUT2D eigenvalue weighted by Crippen LogP contribution is -2.22. The Labute approximate surface area is 109 Å². The molecule has 2 rings (SSSR count). The number of rotatable bonds is 4. The molecule has 94 valence electrons. The molecule has 1 N–H and O–H groups in total. The molecule has 0 saturated carbocycles. The van der Waals surface area contributed by atoms with Gasteiger partial charge in [-0.15, -0.1) is 0 Å². The zero-order chi connectivity index (χ0) is 13.0. The highest BCUT2D eigenvalue weighted by atomic mass is 16.6. The van der Waals surface area contributed by atoms with E-state index < -0.39 is 0 Å². The summed E-state index contributed by atoms with van der Waals surface area (Å²) < 4.78 is 0. The first-order chi connectivity index (χ1) is 8.72. The van der Waals surface area contributed by atoms with Gasteiger partial charge in [-0.3, -0.25) is 0 Å². The molecule has 18 heavy (non-hydrogen) atoms. The molecule has 1 unspecified atom stereocenters.